The van der Waals surface area contributed by atoms with E-state index in [1.54, 1.807) is 18.6 Å². The summed E-state index contributed by atoms with van der Waals surface area (Å²) in [6.45, 7) is 4.01. The molecule has 0 aliphatic rings. The smallest absolute Gasteiger partial charge is 0.0885 e. The first kappa shape index (κ1) is 10.8. The van der Waals surface area contributed by atoms with Crippen LogP contribution in [0.4, 0.5) is 0 Å². The SMILES string of the molecule is CCNCc1ccc(-c2cnccn2)cc1. The van der Waals surface area contributed by atoms with E-state index in [-0.39, 0.29) is 0 Å². The lowest BCUT2D eigenvalue weighted by Gasteiger charge is -2.03. The van der Waals surface area contributed by atoms with E-state index >= 15 is 0 Å². The lowest BCUT2D eigenvalue weighted by Crippen LogP contribution is -2.11. The molecule has 0 bridgehead atoms. The van der Waals surface area contributed by atoms with Gasteiger partial charge in [0.05, 0.1) is 11.9 Å². The van der Waals surface area contributed by atoms with Crippen LogP contribution in [-0.2, 0) is 6.54 Å². The summed E-state index contributed by atoms with van der Waals surface area (Å²) >= 11 is 0. The highest BCUT2D eigenvalue weighted by molar-refractivity contribution is 5.57. The molecule has 0 aliphatic carbocycles. The maximum atomic E-state index is 4.26. The van der Waals surface area contributed by atoms with Gasteiger partial charge in [0.2, 0.25) is 0 Å². The quantitative estimate of drug-likeness (QED) is 0.846. The van der Waals surface area contributed by atoms with Crippen molar-refractivity contribution in [2.75, 3.05) is 6.54 Å². The van der Waals surface area contributed by atoms with Crippen LogP contribution >= 0.6 is 0 Å². The molecule has 3 heteroatoms. The Morgan fingerprint density at radius 2 is 1.94 bits per heavy atom. The summed E-state index contributed by atoms with van der Waals surface area (Å²) in [5.74, 6) is 0. The van der Waals surface area contributed by atoms with E-state index in [2.05, 4.69) is 46.5 Å². The van der Waals surface area contributed by atoms with Gasteiger partial charge in [0.15, 0.2) is 0 Å². The number of benzene rings is 1. The predicted molar refractivity (Wildman–Crippen MR) is 64.8 cm³/mol. The van der Waals surface area contributed by atoms with E-state index in [1.807, 2.05) is 0 Å². The van der Waals surface area contributed by atoms with E-state index in [9.17, 15) is 0 Å². The maximum Gasteiger partial charge on any atom is 0.0885 e. The van der Waals surface area contributed by atoms with Crippen molar-refractivity contribution >= 4 is 0 Å². The Labute approximate surface area is 95.6 Å². The van der Waals surface area contributed by atoms with Gasteiger partial charge < -0.3 is 5.32 Å². The number of rotatable bonds is 4. The van der Waals surface area contributed by atoms with Crippen LogP contribution in [-0.4, -0.2) is 16.5 Å². The monoisotopic (exact) mass is 213 g/mol. The fourth-order valence-electron chi connectivity index (χ4n) is 1.51. The molecule has 2 aromatic rings. The van der Waals surface area contributed by atoms with Crippen LogP contribution in [0.5, 0.6) is 0 Å². The van der Waals surface area contributed by atoms with Crippen molar-refractivity contribution in [3.05, 3.63) is 48.4 Å². The van der Waals surface area contributed by atoms with E-state index in [0.29, 0.717) is 0 Å². The minimum Gasteiger partial charge on any atom is -0.313 e. The molecule has 0 aliphatic heterocycles. The zero-order chi connectivity index (χ0) is 11.2. The van der Waals surface area contributed by atoms with E-state index in [4.69, 9.17) is 0 Å². The number of aromatic nitrogens is 2. The maximum absolute atomic E-state index is 4.26. The first-order chi connectivity index (χ1) is 7.90. The zero-order valence-electron chi connectivity index (χ0n) is 9.35. The Bertz CT molecular complexity index is 423. The molecular formula is C13H15N3. The van der Waals surface area contributed by atoms with Crippen molar-refractivity contribution in [2.24, 2.45) is 0 Å². The second-order valence-electron chi connectivity index (χ2n) is 3.57. The third-order valence-electron chi connectivity index (χ3n) is 2.39. The third-order valence-corrected chi connectivity index (χ3v) is 2.39. The molecule has 0 fully saturated rings. The number of nitrogens with zero attached hydrogens (tertiary/aromatic N) is 2. The van der Waals surface area contributed by atoms with Crippen LogP contribution in [0.2, 0.25) is 0 Å². The third kappa shape index (κ3) is 2.64. The van der Waals surface area contributed by atoms with Crippen LogP contribution < -0.4 is 5.32 Å². The molecule has 0 radical (unpaired) electrons. The summed E-state index contributed by atoms with van der Waals surface area (Å²) < 4.78 is 0. The second-order valence-corrected chi connectivity index (χ2v) is 3.57. The van der Waals surface area contributed by atoms with E-state index < -0.39 is 0 Å². The number of nitrogens with one attached hydrogen (secondary N) is 1. The van der Waals surface area contributed by atoms with Crippen molar-refractivity contribution in [3.8, 4) is 11.3 Å². The fraction of sp³-hybridized carbons (Fsp3) is 0.231. The Hall–Kier alpha value is -1.74. The fourth-order valence-corrected chi connectivity index (χ4v) is 1.51. The zero-order valence-corrected chi connectivity index (χ0v) is 9.35. The summed E-state index contributed by atoms with van der Waals surface area (Å²) in [4.78, 5) is 8.32. The standard InChI is InChI=1S/C13H15N3/c1-2-14-9-11-3-5-12(6-4-11)13-10-15-7-8-16-13/h3-8,10,14H,2,9H2,1H3. The number of hydrogen-bond donors (Lipinski definition) is 1. The molecule has 1 aromatic carbocycles. The molecular weight excluding hydrogens is 198 g/mol. The highest BCUT2D eigenvalue weighted by Crippen LogP contribution is 2.15. The van der Waals surface area contributed by atoms with Gasteiger partial charge in [0, 0.05) is 24.5 Å². The van der Waals surface area contributed by atoms with Crippen molar-refractivity contribution in [1.82, 2.24) is 15.3 Å². The summed E-state index contributed by atoms with van der Waals surface area (Å²) in [6, 6.07) is 8.40. The van der Waals surface area contributed by atoms with Crippen molar-refractivity contribution < 1.29 is 0 Å². The minimum atomic E-state index is 0.914. The largest absolute Gasteiger partial charge is 0.313 e. The van der Waals surface area contributed by atoms with Gasteiger partial charge in [-0.3, -0.25) is 9.97 Å². The Kier molecular flexibility index (Phi) is 3.62. The van der Waals surface area contributed by atoms with Gasteiger partial charge in [-0.1, -0.05) is 31.2 Å². The van der Waals surface area contributed by atoms with E-state index in [0.717, 1.165) is 24.3 Å². The molecule has 1 N–H and O–H groups in total. The van der Waals surface area contributed by atoms with Gasteiger partial charge in [-0.05, 0) is 12.1 Å². The molecule has 0 atom stereocenters. The van der Waals surface area contributed by atoms with Crippen LogP contribution in [0.1, 0.15) is 12.5 Å². The minimum absolute atomic E-state index is 0.914. The summed E-state index contributed by atoms with van der Waals surface area (Å²) in [5.41, 5.74) is 3.31. The van der Waals surface area contributed by atoms with Gasteiger partial charge in [-0.25, -0.2) is 0 Å². The molecule has 3 nitrogen and oxygen atoms in total. The van der Waals surface area contributed by atoms with Gasteiger partial charge in [0.25, 0.3) is 0 Å². The Morgan fingerprint density at radius 1 is 1.12 bits per heavy atom. The molecule has 0 spiro atoms. The van der Waals surface area contributed by atoms with Crippen LogP contribution in [0.15, 0.2) is 42.9 Å². The summed E-state index contributed by atoms with van der Waals surface area (Å²) in [6.07, 6.45) is 5.17. The second kappa shape index (κ2) is 5.37. The molecule has 0 unspecified atom stereocenters. The Morgan fingerprint density at radius 3 is 2.56 bits per heavy atom. The average Bonchev–Trinajstić information content (AvgIpc) is 2.38. The van der Waals surface area contributed by atoms with Crippen molar-refractivity contribution in [2.45, 2.75) is 13.5 Å². The topological polar surface area (TPSA) is 37.8 Å². The highest BCUT2D eigenvalue weighted by Gasteiger charge is 1.98. The van der Waals surface area contributed by atoms with E-state index in [1.165, 1.54) is 5.56 Å². The Balaban J connectivity index is 2.13. The summed E-state index contributed by atoms with van der Waals surface area (Å²) in [5, 5.41) is 3.30. The van der Waals surface area contributed by atoms with Crippen LogP contribution in [0.25, 0.3) is 11.3 Å². The molecule has 1 heterocycles. The molecule has 16 heavy (non-hydrogen) atoms. The van der Waals surface area contributed by atoms with Gasteiger partial charge in [-0.15, -0.1) is 0 Å². The first-order valence-electron chi connectivity index (χ1n) is 5.46. The van der Waals surface area contributed by atoms with Crippen LogP contribution in [0.3, 0.4) is 0 Å². The molecule has 2 rings (SSSR count). The van der Waals surface area contributed by atoms with Crippen molar-refractivity contribution in [3.63, 3.8) is 0 Å². The van der Waals surface area contributed by atoms with Gasteiger partial charge in [-0.2, -0.15) is 0 Å². The molecule has 1 aromatic heterocycles. The first-order valence-corrected chi connectivity index (χ1v) is 5.46. The molecule has 0 saturated heterocycles. The lowest BCUT2D eigenvalue weighted by molar-refractivity contribution is 0.727. The molecule has 82 valence electrons. The van der Waals surface area contributed by atoms with Crippen LogP contribution in [0, 0.1) is 0 Å². The average molecular weight is 213 g/mol. The normalized spacial score (nSPS) is 10.3. The van der Waals surface area contributed by atoms with Gasteiger partial charge in [0.1, 0.15) is 0 Å². The van der Waals surface area contributed by atoms with Crippen molar-refractivity contribution in [1.29, 1.82) is 0 Å². The molecule has 0 amide bonds. The predicted octanol–water partition coefficient (Wildman–Crippen LogP) is 2.25. The highest BCUT2D eigenvalue weighted by atomic mass is 14.8. The molecule has 0 saturated carbocycles. The number of hydrogen-bond acceptors (Lipinski definition) is 3. The van der Waals surface area contributed by atoms with Gasteiger partial charge >= 0.3 is 0 Å². The lowest BCUT2D eigenvalue weighted by atomic mass is 10.1. The summed E-state index contributed by atoms with van der Waals surface area (Å²) in [7, 11) is 0.